The van der Waals surface area contributed by atoms with Gasteiger partial charge in [0.05, 0.1) is 6.61 Å². The molecule has 0 bridgehead atoms. The Bertz CT molecular complexity index is 415. The zero-order valence-corrected chi connectivity index (χ0v) is 10.0. The van der Waals surface area contributed by atoms with Gasteiger partial charge in [-0.05, 0) is 45.3 Å². The molecule has 3 heteroatoms. The van der Waals surface area contributed by atoms with E-state index < -0.39 is 6.10 Å². The fourth-order valence-electron chi connectivity index (χ4n) is 2.12. The first-order valence-electron chi connectivity index (χ1n) is 5.68. The maximum atomic E-state index is 10.3. The van der Waals surface area contributed by atoms with Crippen molar-refractivity contribution in [2.24, 2.45) is 0 Å². The van der Waals surface area contributed by atoms with Crippen LogP contribution in [0.5, 0.6) is 0 Å². The van der Waals surface area contributed by atoms with Crippen LogP contribution in [0.1, 0.15) is 41.6 Å². The Morgan fingerprint density at radius 3 is 2.50 bits per heavy atom. The molecule has 0 amide bonds. The van der Waals surface area contributed by atoms with Crippen LogP contribution in [-0.2, 0) is 4.74 Å². The molecule has 16 heavy (non-hydrogen) atoms. The number of aliphatic hydroxyl groups is 1. The van der Waals surface area contributed by atoms with Crippen molar-refractivity contribution in [3.05, 3.63) is 34.5 Å². The molecule has 0 radical (unpaired) electrons. The largest absolute Gasteiger partial charge is 0.495 e. The molecule has 1 aromatic rings. The van der Waals surface area contributed by atoms with Crippen LogP contribution in [0.25, 0.3) is 0 Å². The molecule has 0 aliphatic carbocycles. The van der Waals surface area contributed by atoms with Crippen LogP contribution in [-0.4, -0.2) is 11.7 Å². The van der Waals surface area contributed by atoms with E-state index in [0.717, 1.165) is 35.5 Å². The lowest BCUT2D eigenvalue weighted by molar-refractivity contribution is 0.0906. The van der Waals surface area contributed by atoms with E-state index in [-0.39, 0.29) is 0 Å². The van der Waals surface area contributed by atoms with Crippen molar-refractivity contribution in [3.63, 3.8) is 0 Å². The molecule has 2 rings (SSSR count). The number of ether oxygens (including phenoxy) is 1. The maximum Gasteiger partial charge on any atom is 0.139 e. The maximum absolute atomic E-state index is 10.3. The lowest BCUT2D eigenvalue weighted by atomic mass is 10.0. The fraction of sp³-hybridized carbons (Fsp3) is 0.538. The summed E-state index contributed by atoms with van der Waals surface area (Å²) in [6.07, 6.45) is 3.28. The first kappa shape index (κ1) is 11.3. The van der Waals surface area contributed by atoms with Gasteiger partial charge in [-0.15, -0.1) is 0 Å². The van der Waals surface area contributed by atoms with Crippen LogP contribution in [0.4, 0.5) is 0 Å². The molecule has 0 saturated heterocycles. The average Bonchev–Trinajstić information content (AvgIpc) is 2.54. The van der Waals surface area contributed by atoms with Gasteiger partial charge in [-0.3, -0.25) is 0 Å². The van der Waals surface area contributed by atoms with Gasteiger partial charge >= 0.3 is 0 Å². The number of allylic oxidation sites excluding steroid dienone is 1. The highest BCUT2D eigenvalue weighted by atomic mass is 16.5. The molecule has 1 atom stereocenters. The Morgan fingerprint density at radius 1 is 1.25 bits per heavy atom. The van der Waals surface area contributed by atoms with Crippen LogP contribution in [0.2, 0.25) is 0 Å². The van der Waals surface area contributed by atoms with Gasteiger partial charge in [0.2, 0.25) is 0 Å². The third-order valence-electron chi connectivity index (χ3n) is 3.12. The molecule has 0 saturated carbocycles. The third kappa shape index (κ3) is 1.87. The van der Waals surface area contributed by atoms with Gasteiger partial charge in [0, 0.05) is 5.56 Å². The van der Waals surface area contributed by atoms with Crippen molar-refractivity contribution in [2.75, 3.05) is 6.61 Å². The summed E-state index contributed by atoms with van der Waals surface area (Å²) in [5.74, 6) is 2.30. The smallest absolute Gasteiger partial charge is 0.139 e. The van der Waals surface area contributed by atoms with Gasteiger partial charge in [0.1, 0.15) is 23.4 Å². The number of hydrogen-bond donors (Lipinski definition) is 1. The molecule has 1 N–H and O–H groups in total. The highest BCUT2D eigenvalue weighted by Gasteiger charge is 2.24. The van der Waals surface area contributed by atoms with Crippen LogP contribution < -0.4 is 0 Å². The summed E-state index contributed by atoms with van der Waals surface area (Å²) in [6.45, 7) is 6.45. The highest BCUT2D eigenvalue weighted by molar-refractivity contribution is 5.36. The van der Waals surface area contributed by atoms with E-state index in [2.05, 4.69) is 0 Å². The summed E-state index contributed by atoms with van der Waals surface area (Å²) in [7, 11) is 0. The van der Waals surface area contributed by atoms with Gasteiger partial charge < -0.3 is 14.3 Å². The normalized spacial score (nSPS) is 17.9. The standard InChI is InChI=1S/C13H18O3/c1-8-9(2)16-10(3)12(8)13(14)11-6-4-5-7-15-11/h6,13-14H,4-5,7H2,1-3H3. The van der Waals surface area contributed by atoms with Gasteiger partial charge in [0.15, 0.2) is 0 Å². The van der Waals surface area contributed by atoms with Gasteiger partial charge in [0.25, 0.3) is 0 Å². The van der Waals surface area contributed by atoms with Crippen LogP contribution >= 0.6 is 0 Å². The quantitative estimate of drug-likeness (QED) is 0.836. The highest BCUT2D eigenvalue weighted by Crippen LogP contribution is 2.33. The molecular weight excluding hydrogens is 204 g/mol. The van der Waals surface area contributed by atoms with Crippen molar-refractivity contribution >= 4 is 0 Å². The minimum absolute atomic E-state index is 0.665. The second-order valence-corrected chi connectivity index (χ2v) is 4.25. The van der Waals surface area contributed by atoms with Crippen molar-refractivity contribution in [3.8, 4) is 0 Å². The lowest BCUT2D eigenvalue weighted by Crippen LogP contribution is -2.11. The second kappa shape index (κ2) is 4.34. The molecule has 0 fully saturated rings. The van der Waals surface area contributed by atoms with Crippen LogP contribution in [0.3, 0.4) is 0 Å². The summed E-state index contributed by atoms with van der Waals surface area (Å²) in [6, 6.07) is 0. The molecular formula is C13H18O3. The minimum atomic E-state index is -0.683. The van der Waals surface area contributed by atoms with Gasteiger partial charge in [-0.25, -0.2) is 0 Å². The summed E-state index contributed by atoms with van der Waals surface area (Å²) < 4.78 is 11.0. The van der Waals surface area contributed by atoms with E-state index in [1.54, 1.807) is 0 Å². The van der Waals surface area contributed by atoms with Crippen molar-refractivity contribution in [2.45, 2.75) is 39.7 Å². The predicted octanol–water partition coefficient (Wildman–Crippen LogP) is 2.93. The SMILES string of the molecule is Cc1oc(C)c(C(O)C2=CCCCO2)c1C. The number of rotatable bonds is 2. The molecule has 1 aliphatic rings. The Morgan fingerprint density at radius 2 is 2.00 bits per heavy atom. The fourth-order valence-corrected chi connectivity index (χ4v) is 2.12. The summed E-state index contributed by atoms with van der Waals surface area (Å²) in [5.41, 5.74) is 1.87. The molecule has 2 heterocycles. The van der Waals surface area contributed by atoms with Crippen LogP contribution in [0.15, 0.2) is 16.3 Å². The Kier molecular flexibility index (Phi) is 3.06. The molecule has 1 unspecified atom stereocenters. The second-order valence-electron chi connectivity index (χ2n) is 4.25. The zero-order chi connectivity index (χ0) is 11.7. The van der Waals surface area contributed by atoms with E-state index >= 15 is 0 Å². The molecule has 0 aromatic carbocycles. The van der Waals surface area contributed by atoms with Crippen LogP contribution in [0, 0.1) is 20.8 Å². The first-order valence-corrected chi connectivity index (χ1v) is 5.68. The summed E-state index contributed by atoms with van der Waals surface area (Å²) in [5, 5.41) is 10.3. The summed E-state index contributed by atoms with van der Waals surface area (Å²) in [4.78, 5) is 0. The van der Waals surface area contributed by atoms with Crippen molar-refractivity contribution < 1.29 is 14.3 Å². The lowest BCUT2D eigenvalue weighted by Gasteiger charge is -2.20. The number of furan rings is 1. The topological polar surface area (TPSA) is 42.6 Å². The molecule has 0 spiro atoms. The molecule has 1 aromatic heterocycles. The third-order valence-corrected chi connectivity index (χ3v) is 3.12. The number of aryl methyl sites for hydroxylation is 2. The van der Waals surface area contributed by atoms with E-state index in [1.807, 2.05) is 26.8 Å². The van der Waals surface area contributed by atoms with Gasteiger partial charge in [-0.2, -0.15) is 0 Å². The van der Waals surface area contributed by atoms with E-state index in [9.17, 15) is 5.11 Å². The Balaban J connectivity index is 2.32. The molecule has 88 valence electrons. The van der Waals surface area contributed by atoms with Crippen molar-refractivity contribution in [1.29, 1.82) is 0 Å². The minimum Gasteiger partial charge on any atom is -0.495 e. The first-order chi connectivity index (χ1) is 7.61. The Hall–Kier alpha value is -1.22. The number of aliphatic hydroxyl groups excluding tert-OH is 1. The van der Waals surface area contributed by atoms with E-state index in [0.29, 0.717) is 12.4 Å². The van der Waals surface area contributed by atoms with E-state index in [1.165, 1.54) is 0 Å². The van der Waals surface area contributed by atoms with Crippen molar-refractivity contribution in [1.82, 2.24) is 0 Å². The van der Waals surface area contributed by atoms with E-state index in [4.69, 9.17) is 9.15 Å². The monoisotopic (exact) mass is 222 g/mol. The zero-order valence-electron chi connectivity index (χ0n) is 10.0. The Labute approximate surface area is 95.7 Å². The molecule has 3 nitrogen and oxygen atoms in total. The summed E-state index contributed by atoms with van der Waals surface area (Å²) >= 11 is 0. The molecule has 1 aliphatic heterocycles. The number of hydrogen-bond acceptors (Lipinski definition) is 3. The van der Waals surface area contributed by atoms with Gasteiger partial charge in [-0.1, -0.05) is 0 Å². The predicted molar refractivity (Wildman–Crippen MR) is 61.1 cm³/mol. The average molecular weight is 222 g/mol.